The number of fused-ring (bicyclic) bond motifs is 1. The number of hydrogen-bond donors (Lipinski definition) is 1. The van der Waals surface area contributed by atoms with Crippen molar-refractivity contribution in [3.63, 3.8) is 0 Å². The lowest BCUT2D eigenvalue weighted by Crippen LogP contribution is -2.24. The summed E-state index contributed by atoms with van der Waals surface area (Å²) in [5.41, 5.74) is 0.916. The number of alkyl halides is 3. The summed E-state index contributed by atoms with van der Waals surface area (Å²) in [6.45, 7) is 2.26. The van der Waals surface area contributed by atoms with Crippen molar-refractivity contribution < 1.29 is 13.2 Å². The van der Waals surface area contributed by atoms with Crippen molar-refractivity contribution in [2.24, 2.45) is 0 Å². The average molecular weight is 438 g/mol. The number of nitrogens with zero attached hydrogens (tertiary/aromatic N) is 5. The summed E-state index contributed by atoms with van der Waals surface area (Å²) < 4.78 is 40.0. The van der Waals surface area contributed by atoms with Gasteiger partial charge in [0.1, 0.15) is 11.9 Å². The normalized spacial score (nSPS) is 11.6. The lowest BCUT2D eigenvalue weighted by atomic mass is 10.1. The molecule has 7 nitrogen and oxygen atoms in total. The highest BCUT2D eigenvalue weighted by Crippen LogP contribution is 2.30. The Bertz CT molecular complexity index is 1380. The van der Waals surface area contributed by atoms with Gasteiger partial charge in [-0.3, -0.25) is 14.3 Å². The first-order valence-electron chi connectivity index (χ1n) is 9.82. The summed E-state index contributed by atoms with van der Waals surface area (Å²) in [5.74, 6) is 0.359. The SMILES string of the molecule is CCCn1c(C#N)nc2nc(-c3ccc(Cc4cccc(C(F)(F)F)c4)nc3)[nH]c2c1=O. The molecule has 0 aliphatic rings. The smallest absolute Gasteiger partial charge is 0.332 e. The molecule has 3 aromatic heterocycles. The van der Waals surface area contributed by atoms with Crippen molar-refractivity contribution in [3.8, 4) is 17.5 Å². The molecule has 1 aromatic carbocycles. The molecule has 0 radical (unpaired) electrons. The number of aromatic amines is 1. The fourth-order valence-electron chi connectivity index (χ4n) is 3.37. The molecule has 4 rings (SSSR count). The third kappa shape index (κ3) is 4.09. The molecule has 4 aromatic rings. The molecule has 0 saturated carbocycles. The zero-order valence-corrected chi connectivity index (χ0v) is 16.9. The molecular formula is C22H17F3N6O. The number of H-pyrrole nitrogens is 1. The van der Waals surface area contributed by atoms with Crippen molar-refractivity contribution in [1.82, 2.24) is 24.5 Å². The number of halogens is 3. The molecule has 162 valence electrons. The Kier molecular flexibility index (Phi) is 5.48. The molecule has 32 heavy (non-hydrogen) atoms. The molecule has 0 bridgehead atoms. The molecule has 0 amide bonds. The van der Waals surface area contributed by atoms with Crippen LogP contribution in [0.4, 0.5) is 13.2 Å². The van der Waals surface area contributed by atoms with Gasteiger partial charge >= 0.3 is 6.18 Å². The molecule has 0 saturated heterocycles. The molecule has 0 fully saturated rings. The topological polar surface area (TPSA) is 100 Å². The monoisotopic (exact) mass is 438 g/mol. The molecule has 0 aliphatic carbocycles. The van der Waals surface area contributed by atoms with Crippen LogP contribution in [0, 0.1) is 11.3 Å². The van der Waals surface area contributed by atoms with Gasteiger partial charge in [0.05, 0.1) is 5.56 Å². The number of hydrogen-bond acceptors (Lipinski definition) is 5. The predicted molar refractivity (Wildman–Crippen MR) is 111 cm³/mol. The Hall–Kier alpha value is -4.00. The number of pyridine rings is 1. The Labute approximate surface area is 180 Å². The number of nitriles is 1. The van der Waals surface area contributed by atoms with Crippen LogP contribution in [0.2, 0.25) is 0 Å². The highest BCUT2D eigenvalue weighted by Gasteiger charge is 2.30. The maximum atomic E-state index is 12.9. The Balaban J connectivity index is 1.63. The predicted octanol–water partition coefficient (Wildman–Crippen LogP) is 4.07. The number of nitrogens with one attached hydrogen (secondary N) is 1. The van der Waals surface area contributed by atoms with E-state index in [9.17, 15) is 23.2 Å². The molecule has 0 atom stereocenters. The van der Waals surface area contributed by atoms with E-state index >= 15 is 0 Å². The van der Waals surface area contributed by atoms with Crippen LogP contribution in [-0.2, 0) is 19.1 Å². The summed E-state index contributed by atoms with van der Waals surface area (Å²) in [6, 6.07) is 10.4. The van der Waals surface area contributed by atoms with Gasteiger partial charge in [-0.1, -0.05) is 25.1 Å². The molecule has 0 unspecified atom stereocenters. The van der Waals surface area contributed by atoms with Crippen molar-refractivity contribution in [2.75, 3.05) is 0 Å². The van der Waals surface area contributed by atoms with Crippen LogP contribution < -0.4 is 5.56 Å². The lowest BCUT2D eigenvalue weighted by Gasteiger charge is -2.08. The van der Waals surface area contributed by atoms with Crippen LogP contribution in [-0.4, -0.2) is 24.5 Å². The second kappa shape index (κ2) is 8.26. The van der Waals surface area contributed by atoms with Crippen LogP contribution in [0.25, 0.3) is 22.6 Å². The first-order chi connectivity index (χ1) is 15.3. The van der Waals surface area contributed by atoms with Gasteiger partial charge in [0.2, 0.25) is 5.82 Å². The first kappa shape index (κ1) is 21.2. The summed E-state index contributed by atoms with van der Waals surface area (Å²) in [5, 5.41) is 9.28. The zero-order valence-electron chi connectivity index (χ0n) is 16.9. The lowest BCUT2D eigenvalue weighted by molar-refractivity contribution is -0.137. The fourth-order valence-corrected chi connectivity index (χ4v) is 3.37. The average Bonchev–Trinajstić information content (AvgIpc) is 3.20. The molecule has 0 spiro atoms. The van der Waals surface area contributed by atoms with Crippen molar-refractivity contribution >= 4 is 11.2 Å². The number of rotatable bonds is 5. The number of benzene rings is 1. The van der Waals surface area contributed by atoms with Crippen LogP contribution in [0.15, 0.2) is 47.4 Å². The quantitative estimate of drug-likeness (QED) is 0.506. The van der Waals surface area contributed by atoms with Crippen molar-refractivity contribution in [3.05, 3.63) is 75.6 Å². The highest BCUT2D eigenvalue weighted by atomic mass is 19.4. The van der Waals surface area contributed by atoms with Gasteiger partial charge < -0.3 is 4.98 Å². The van der Waals surface area contributed by atoms with Gasteiger partial charge in [-0.2, -0.15) is 23.4 Å². The van der Waals surface area contributed by atoms with Crippen LogP contribution >= 0.6 is 0 Å². The van der Waals surface area contributed by atoms with E-state index in [-0.39, 0.29) is 29.0 Å². The Morgan fingerprint density at radius 1 is 1.19 bits per heavy atom. The van der Waals surface area contributed by atoms with E-state index in [0.717, 1.165) is 12.1 Å². The number of imidazole rings is 1. The van der Waals surface area contributed by atoms with Gasteiger partial charge in [0.15, 0.2) is 11.2 Å². The summed E-state index contributed by atoms with van der Waals surface area (Å²) in [4.78, 5) is 28.4. The first-order valence-corrected chi connectivity index (χ1v) is 9.82. The minimum absolute atomic E-state index is 0.00281. The maximum absolute atomic E-state index is 12.9. The van der Waals surface area contributed by atoms with Gasteiger partial charge in [-0.05, 0) is 30.2 Å². The maximum Gasteiger partial charge on any atom is 0.416 e. The van der Waals surface area contributed by atoms with E-state index in [1.807, 2.05) is 13.0 Å². The summed E-state index contributed by atoms with van der Waals surface area (Å²) >= 11 is 0. The highest BCUT2D eigenvalue weighted by molar-refractivity contribution is 5.75. The third-order valence-electron chi connectivity index (χ3n) is 4.90. The zero-order chi connectivity index (χ0) is 22.9. The van der Waals surface area contributed by atoms with E-state index in [1.165, 1.54) is 16.8 Å². The van der Waals surface area contributed by atoms with E-state index < -0.39 is 11.7 Å². The molecule has 10 heteroatoms. The Morgan fingerprint density at radius 3 is 2.66 bits per heavy atom. The van der Waals surface area contributed by atoms with Gasteiger partial charge in [0.25, 0.3) is 5.56 Å². The largest absolute Gasteiger partial charge is 0.416 e. The summed E-state index contributed by atoms with van der Waals surface area (Å²) in [6.07, 6.45) is -1.97. The second-order valence-corrected chi connectivity index (χ2v) is 7.20. The van der Waals surface area contributed by atoms with Crippen molar-refractivity contribution in [1.29, 1.82) is 5.26 Å². The fraction of sp³-hybridized carbons (Fsp3) is 0.227. The molecular weight excluding hydrogens is 421 g/mol. The standard InChI is InChI=1S/C22H17F3N6O/c1-2-8-31-17(11-26)28-20-18(21(31)32)29-19(30-20)14-6-7-16(27-12-14)10-13-4-3-5-15(9-13)22(23,24)25/h3-7,9,12H,2,8,10H2,1H3,(H,29,30). The molecule has 3 heterocycles. The van der Waals surface area contributed by atoms with E-state index in [2.05, 4.69) is 19.9 Å². The van der Waals surface area contributed by atoms with Gasteiger partial charge in [-0.25, -0.2) is 4.98 Å². The van der Waals surface area contributed by atoms with E-state index in [0.29, 0.717) is 35.6 Å². The molecule has 0 aliphatic heterocycles. The minimum Gasteiger partial charge on any atom is -0.332 e. The van der Waals surface area contributed by atoms with E-state index in [4.69, 9.17) is 0 Å². The van der Waals surface area contributed by atoms with Gasteiger partial charge in [-0.15, -0.1) is 0 Å². The van der Waals surface area contributed by atoms with Gasteiger partial charge in [0, 0.05) is 30.4 Å². The van der Waals surface area contributed by atoms with Crippen molar-refractivity contribution in [2.45, 2.75) is 32.5 Å². The van der Waals surface area contributed by atoms with Crippen LogP contribution in [0.5, 0.6) is 0 Å². The Morgan fingerprint density at radius 2 is 2.00 bits per heavy atom. The van der Waals surface area contributed by atoms with Crippen LogP contribution in [0.1, 0.15) is 36.0 Å². The molecule has 1 N–H and O–H groups in total. The van der Waals surface area contributed by atoms with Crippen LogP contribution in [0.3, 0.4) is 0 Å². The summed E-state index contributed by atoms with van der Waals surface area (Å²) in [7, 11) is 0. The van der Waals surface area contributed by atoms with E-state index in [1.54, 1.807) is 18.2 Å². The third-order valence-corrected chi connectivity index (χ3v) is 4.90. The minimum atomic E-state index is -4.40. The number of aromatic nitrogens is 5. The second-order valence-electron chi connectivity index (χ2n) is 7.20.